The van der Waals surface area contributed by atoms with Crippen molar-refractivity contribution in [1.82, 2.24) is 14.3 Å². The highest BCUT2D eigenvalue weighted by Crippen LogP contribution is 2.27. The van der Waals surface area contributed by atoms with Crippen molar-refractivity contribution in [3.8, 4) is 5.75 Å². The van der Waals surface area contributed by atoms with Crippen molar-refractivity contribution in [2.45, 2.75) is 30.7 Å². The van der Waals surface area contributed by atoms with E-state index in [9.17, 15) is 8.42 Å². The Hall–Kier alpha value is -1.86. The first kappa shape index (κ1) is 14.7. The van der Waals surface area contributed by atoms with Crippen molar-refractivity contribution in [2.75, 3.05) is 13.2 Å². The summed E-state index contributed by atoms with van der Waals surface area (Å²) in [6, 6.07) is 5.08. The topological polar surface area (TPSA) is 73.2 Å². The molecule has 0 fully saturated rings. The first-order chi connectivity index (χ1) is 11.1. The molecule has 0 spiro atoms. The van der Waals surface area contributed by atoms with E-state index < -0.39 is 10.0 Å². The maximum absolute atomic E-state index is 12.5. The van der Waals surface area contributed by atoms with Crippen LogP contribution in [0.4, 0.5) is 0 Å². The molecule has 23 heavy (non-hydrogen) atoms. The number of nitrogens with zero attached hydrogens (tertiary/aromatic N) is 2. The van der Waals surface area contributed by atoms with Crippen LogP contribution < -0.4 is 9.46 Å². The number of sulfonamides is 1. The molecule has 4 rings (SSSR count). The van der Waals surface area contributed by atoms with Gasteiger partial charge >= 0.3 is 0 Å². The number of rotatable bonds is 4. The van der Waals surface area contributed by atoms with Gasteiger partial charge < -0.3 is 9.30 Å². The SMILES string of the molecule is O=S(=O)(NCC1CCn2ccnc2C1)c1ccc2c(c1)CCO2. The average Bonchev–Trinajstić information content (AvgIpc) is 3.20. The predicted molar refractivity (Wildman–Crippen MR) is 84.9 cm³/mol. The molecule has 1 aromatic heterocycles. The van der Waals surface area contributed by atoms with Gasteiger partial charge in [0.25, 0.3) is 0 Å². The molecule has 2 aliphatic heterocycles. The van der Waals surface area contributed by atoms with Crippen LogP contribution in [-0.4, -0.2) is 31.1 Å². The largest absolute Gasteiger partial charge is 0.493 e. The molecule has 7 heteroatoms. The van der Waals surface area contributed by atoms with Gasteiger partial charge in [-0.25, -0.2) is 18.1 Å². The summed E-state index contributed by atoms with van der Waals surface area (Å²) in [5.41, 5.74) is 0.965. The summed E-state index contributed by atoms with van der Waals surface area (Å²) < 4.78 is 35.3. The molecule has 0 aliphatic carbocycles. The van der Waals surface area contributed by atoms with Gasteiger partial charge in [0.05, 0.1) is 11.5 Å². The molecule has 1 unspecified atom stereocenters. The Morgan fingerprint density at radius 2 is 2.30 bits per heavy atom. The Balaban J connectivity index is 1.44. The Kier molecular flexibility index (Phi) is 3.61. The molecule has 122 valence electrons. The number of aryl methyl sites for hydroxylation is 1. The molecule has 1 aromatic carbocycles. The molecule has 3 heterocycles. The molecule has 1 atom stereocenters. The van der Waals surface area contributed by atoms with E-state index in [1.54, 1.807) is 24.4 Å². The van der Waals surface area contributed by atoms with Crippen LogP contribution in [0.5, 0.6) is 5.75 Å². The van der Waals surface area contributed by atoms with E-state index in [0.29, 0.717) is 18.0 Å². The highest BCUT2D eigenvalue weighted by Gasteiger charge is 2.23. The summed E-state index contributed by atoms with van der Waals surface area (Å²) >= 11 is 0. The van der Waals surface area contributed by atoms with E-state index in [1.165, 1.54) is 0 Å². The van der Waals surface area contributed by atoms with E-state index >= 15 is 0 Å². The Labute approximate surface area is 135 Å². The molecule has 2 aromatic rings. The average molecular weight is 333 g/mol. The molecule has 0 radical (unpaired) electrons. The molecule has 0 saturated carbocycles. The number of ether oxygens (including phenoxy) is 1. The fourth-order valence-electron chi connectivity index (χ4n) is 3.23. The van der Waals surface area contributed by atoms with Gasteiger partial charge in [-0.3, -0.25) is 0 Å². The molecule has 0 amide bonds. The summed E-state index contributed by atoms with van der Waals surface area (Å²) in [6.45, 7) is 1.97. The molecular weight excluding hydrogens is 314 g/mol. The monoisotopic (exact) mass is 333 g/mol. The lowest BCUT2D eigenvalue weighted by Gasteiger charge is -2.23. The molecule has 0 saturated heterocycles. The minimum Gasteiger partial charge on any atom is -0.493 e. The lowest BCUT2D eigenvalue weighted by atomic mass is 9.98. The highest BCUT2D eigenvalue weighted by molar-refractivity contribution is 7.89. The van der Waals surface area contributed by atoms with Gasteiger partial charge in [-0.1, -0.05) is 0 Å². The van der Waals surface area contributed by atoms with Crippen molar-refractivity contribution >= 4 is 10.0 Å². The minimum atomic E-state index is -3.48. The van der Waals surface area contributed by atoms with Crippen LogP contribution in [0.2, 0.25) is 0 Å². The number of imidazole rings is 1. The molecule has 0 bridgehead atoms. The fourth-order valence-corrected chi connectivity index (χ4v) is 4.40. The van der Waals surface area contributed by atoms with Gasteiger partial charge in [0.15, 0.2) is 0 Å². The third-order valence-electron chi connectivity index (χ3n) is 4.58. The first-order valence-electron chi connectivity index (χ1n) is 7.87. The Morgan fingerprint density at radius 3 is 3.22 bits per heavy atom. The number of hydrogen-bond donors (Lipinski definition) is 1. The lowest BCUT2D eigenvalue weighted by Crippen LogP contribution is -2.33. The third-order valence-corrected chi connectivity index (χ3v) is 6.01. The normalized spacial score (nSPS) is 19.9. The summed E-state index contributed by atoms with van der Waals surface area (Å²) in [7, 11) is -3.48. The van der Waals surface area contributed by atoms with Crippen molar-refractivity contribution in [3.05, 3.63) is 42.0 Å². The Morgan fingerprint density at radius 1 is 1.39 bits per heavy atom. The van der Waals surface area contributed by atoms with Crippen molar-refractivity contribution < 1.29 is 13.2 Å². The predicted octanol–water partition coefficient (Wildman–Crippen LogP) is 1.36. The standard InChI is InChI=1S/C16H19N3O3S/c20-23(21,14-1-2-15-13(10-14)4-8-22-15)18-11-12-3-6-19-7-5-17-16(19)9-12/h1-2,5,7,10,12,18H,3-4,6,8-9,11H2. The summed E-state index contributed by atoms with van der Waals surface area (Å²) in [6.07, 6.45) is 6.32. The van der Waals surface area contributed by atoms with E-state index in [0.717, 1.165) is 42.9 Å². The van der Waals surface area contributed by atoms with Crippen LogP contribution in [0, 0.1) is 5.92 Å². The second-order valence-electron chi connectivity index (χ2n) is 6.12. The first-order valence-corrected chi connectivity index (χ1v) is 9.35. The molecular formula is C16H19N3O3S. The number of aromatic nitrogens is 2. The number of benzene rings is 1. The van der Waals surface area contributed by atoms with E-state index in [-0.39, 0.29) is 5.92 Å². The van der Waals surface area contributed by atoms with Crippen LogP contribution in [0.15, 0.2) is 35.5 Å². The summed E-state index contributed by atoms with van der Waals surface area (Å²) in [5.74, 6) is 2.12. The zero-order valence-electron chi connectivity index (χ0n) is 12.7. The van der Waals surface area contributed by atoms with Gasteiger partial charge in [-0.2, -0.15) is 0 Å². The van der Waals surface area contributed by atoms with Crippen LogP contribution in [0.25, 0.3) is 0 Å². The third kappa shape index (κ3) is 2.86. The van der Waals surface area contributed by atoms with Crippen molar-refractivity contribution in [2.24, 2.45) is 5.92 Å². The van der Waals surface area contributed by atoms with Crippen LogP contribution in [0.3, 0.4) is 0 Å². The molecule has 1 N–H and O–H groups in total. The maximum atomic E-state index is 12.5. The summed E-state index contributed by atoms with van der Waals surface area (Å²) in [4.78, 5) is 4.64. The number of fused-ring (bicyclic) bond motifs is 2. The van der Waals surface area contributed by atoms with Crippen LogP contribution >= 0.6 is 0 Å². The number of hydrogen-bond acceptors (Lipinski definition) is 4. The molecule has 2 aliphatic rings. The van der Waals surface area contributed by atoms with Gasteiger partial charge in [0, 0.05) is 38.3 Å². The van der Waals surface area contributed by atoms with Gasteiger partial charge in [-0.05, 0) is 36.1 Å². The zero-order valence-corrected chi connectivity index (χ0v) is 13.6. The maximum Gasteiger partial charge on any atom is 0.240 e. The van der Waals surface area contributed by atoms with E-state index in [1.807, 2.05) is 6.20 Å². The van der Waals surface area contributed by atoms with E-state index in [2.05, 4.69) is 14.3 Å². The van der Waals surface area contributed by atoms with Gasteiger partial charge in [-0.15, -0.1) is 0 Å². The minimum absolute atomic E-state index is 0.289. The second kappa shape index (κ2) is 5.65. The van der Waals surface area contributed by atoms with E-state index in [4.69, 9.17) is 4.74 Å². The van der Waals surface area contributed by atoms with Crippen LogP contribution in [0.1, 0.15) is 17.8 Å². The van der Waals surface area contributed by atoms with Crippen molar-refractivity contribution in [1.29, 1.82) is 0 Å². The van der Waals surface area contributed by atoms with Gasteiger partial charge in [0.1, 0.15) is 11.6 Å². The second-order valence-corrected chi connectivity index (χ2v) is 7.88. The molecule has 6 nitrogen and oxygen atoms in total. The smallest absolute Gasteiger partial charge is 0.240 e. The van der Waals surface area contributed by atoms with Gasteiger partial charge in [0.2, 0.25) is 10.0 Å². The quantitative estimate of drug-likeness (QED) is 0.917. The summed E-state index contributed by atoms with van der Waals surface area (Å²) in [5, 5.41) is 0. The number of nitrogens with one attached hydrogen (secondary N) is 1. The van der Waals surface area contributed by atoms with Crippen molar-refractivity contribution in [3.63, 3.8) is 0 Å². The van der Waals surface area contributed by atoms with Crippen LogP contribution in [-0.2, 0) is 29.4 Å². The zero-order chi connectivity index (χ0) is 15.9. The highest BCUT2D eigenvalue weighted by atomic mass is 32.2. The lowest BCUT2D eigenvalue weighted by molar-refractivity contribution is 0.356. The fraction of sp³-hybridized carbons (Fsp3) is 0.438. The Bertz CT molecular complexity index is 829.